The molecule has 5 rings (SSSR count). The Balaban J connectivity index is 1.71. The largest absolute Gasteiger partial charge is 0.339 e. The molecular formula is C30H27FN4O3. The third-order valence-electron chi connectivity index (χ3n) is 6.69. The number of hydrogen-bond acceptors (Lipinski definition) is 4. The summed E-state index contributed by atoms with van der Waals surface area (Å²) >= 11 is 0. The molecule has 0 fully saturated rings. The second kappa shape index (κ2) is 10.0. The number of para-hydroxylation sites is 1. The second-order valence-electron chi connectivity index (χ2n) is 9.55. The summed E-state index contributed by atoms with van der Waals surface area (Å²) in [5.41, 5.74) is 4.01. The zero-order chi connectivity index (χ0) is 27.0. The van der Waals surface area contributed by atoms with Gasteiger partial charge in [0.2, 0.25) is 0 Å². The van der Waals surface area contributed by atoms with Crippen molar-refractivity contribution < 1.29 is 18.8 Å². The van der Waals surface area contributed by atoms with E-state index in [0.29, 0.717) is 28.2 Å². The van der Waals surface area contributed by atoms with E-state index < -0.39 is 29.6 Å². The van der Waals surface area contributed by atoms with Gasteiger partial charge in [0.05, 0.1) is 17.9 Å². The molecule has 4 aromatic rings. The third-order valence-corrected chi connectivity index (χ3v) is 6.69. The highest BCUT2D eigenvalue weighted by Crippen LogP contribution is 2.43. The lowest BCUT2D eigenvalue weighted by Crippen LogP contribution is -2.56. The molecule has 8 heteroatoms. The van der Waals surface area contributed by atoms with E-state index in [1.807, 2.05) is 50.2 Å². The Bertz CT molecular complexity index is 1530. The minimum atomic E-state index is -1.05. The van der Waals surface area contributed by atoms with E-state index in [-0.39, 0.29) is 12.3 Å². The van der Waals surface area contributed by atoms with Gasteiger partial charge in [-0.1, -0.05) is 48.0 Å². The first-order valence-corrected chi connectivity index (χ1v) is 12.3. The Kier molecular flexibility index (Phi) is 6.63. The molecule has 0 radical (unpaired) electrons. The molecule has 3 aromatic carbocycles. The number of carbonyl (C=O) groups is 3. The van der Waals surface area contributed by atoms with E-state index in [9.17, 15) is 18.8 Å². The molecule has 0 aliphatic carbocycles. The fraction of sp³-hybridized carbons (Fsp3) is 0.200. The third kappa shape index (κ3) is 4.61. The summed E-state index contributed by atoms with van der Waals surface area (Å²) in [5.74, 6) is -1.69. The molecule has 1 aliphatic heterocycles. The zero-order valence-electron chi connectivity index (χ0n) is 21.3. The maximum Gasteiger partial charge on any atom is 0.252 e. The average Bonchev–Trinajstić information content (AvgIpc) is 3.24. The summed E-state index contributed by atoms with van der Waals surface area (Å²) in [5, 5.41) is 7.68. The Morgan fingerprint density at radius 2 is 1.68 bits per heavy atom. The summed E-state index contributed by atoms with van der Waals surface area (Å²) in [6.07, 6.45) is 0. The molecule has 0 unspecified atom stereocenters. The highest BCUT2D eigenvalue weighted by Gasteiger charge is 2.46. The molecule has 38 heavy (non-hydrogen) atoms. The maximum atomic E-state index is 14.1. The smallest absolute Gasteiger partial charge is 0.252 e. The van der Waals surface area contributed by atoms with Crippen LogP contribution in [0.2, 0.25) is 0 Å². The first kappa shape index (κ1) is 25.1. The quantitative estimate of drug-likeness (QED) is 0.414. The molecule has 0 saturated carbocycles. The Labute approximate surface area is 219 Å². The van der Waals surface area contributed by atoms with Crippen molar-refractivity contribution in [2.75, 3.05) is 11.4 Å². The number of benzene rings is 3. The average molecular weight is 511 g/mol. The molecule has 0 bridgehead atoms. The number of fused-ring (bicyclic) bond motifs is 1. The van der Waals surface area contributed by atoms with E-state index in [0.717, 1.165) is 11.3 Å². The van der Waals surface area contributed by atoms with Crippen molar-refractivity contribution in [1.29, 1.82) is 0 Å². The summed E-state index contributed by atoms with van der Waals surface area (Å²) in [6.45, 7) is 4.94. The van der Waals surface area contributed by atoms with Crippen LogP contribution in [-0.2, 0) is 9.59 Å². The van der Waals surface area contributed by atoms with E-state index in [1.54, 1.807) is 35.0 Å². The van der Waals surface area contributed by atoms with Crippen LogP contribution in [0, 0.1) is 19.7 Å². The molecule has 7 nitrogen and oxygen atoms in total. The number of Topliss-reactive ketones (excluding diaryl/α,β-unsaturated/α-hetero) is 1. The van der Waals surface area contributed by atoms with E-state index in [2.05, 4.69) is 5.32 Å². The first-order chi connectivity index (χ1) is 18.2. The minimum Gasteiger partial charge on any atom is -0.339 e. The number of hydrogen-bond donors (Lipinski definition) is 1. The van der Waals surface area contributed by atoms with Crippen LogP contribution < -0.4 is 10.2 Å². The highest BCUT2D eigenvalue weighted by molar-refractivity contribution is 6.07. The molecular weight excluding hydrogens is 483 g/mol. The topological polar surface area (TPSA) is 84.3 Å². The van der Waals surface area contributed by atoms with E-state index in [4.69, 9.17) is 5.10 Å². The number of nitrogens with zero attached hydrogens (tertiary/aromatic N) is 3. The van der Waals surface area contributed by atoms with Crippen molar-refractivity contribution in [3.63, 3.8) is 0 Å². The van der Waals surface area contributed by atoms with Gasteiger partial charge in [0.25, 0.3) is 11.8 Å². The van der Waals surface area contributed by atoms with Gasteiger partial charge in [-0.15, -0.1) is 0 Å². The molecule has 2 atom stereocenters. The fourth-order valence-electron chi connectivity index (χ4n) is 5.04. The standard InChI is InChI=1S/C30H27FN4O3/c1-18-8-7-9-22(16-18)28(37)32-27-26(21-12-14-23(31)15-13-21)25-20(3)33-35(24-10-5-4-6-11-24)29(25)34(30(27)38)17-19(2)36/h4-16,26-27H,17H2,1-3H3,(H,32,37)/t26-,27-/m0/s1. The van der Waals surface area contributed by atoms with Crippen LogP contribution in [-0.4, -0.2) is 40.0 Å². The SMILES string of the molecule is CC(=O)CN1C(=O)[C@@H](NC(=O)c2cccc(C)c2)[C@@H](c2ccc(F)cc2)c2c(C)nn(-c3ccccc3)c21. The molecule has 2 amide bonds. The predicted molar refractivity (Wildman–Crippen MR) is 142 cm³/mol. The number of aromatic nitrogens is 2. The van der Waals surface area contributed by atoms with Crippen molar-refractivity contribution in [2.24, 2.45) is 0 Å². The second-order valence-corrected chi connectivity index (χ2v) is 9.55. The van der Waals surface area contributed by atoms with Gasteiger partial charge < -0.3 is 5.32 Å². The molecule has 1 aliphatic rings. The fourth-order valence-corrected chi connectivity index (χ4v) is 5.04. The van der Waals surface area contributed by atoms with Crippen LogP contribution in [0.5, 0.6) is 0 Å². The molecule has 2 heterocycles. The van der Waals surface area contributed by atoms with Crippen molar-refractivity contribution in [3.8, 4) is 5.69 Å². The number of aryl methyl sites for hydroxylation is 2. The van der Waals surface area contributed by atoms with Crippen molar-refractivity contribution in [3.05, 3.63) is 113 Å². The van der Waals surface area contributed by atoms with Gasteiger partial charge in [0, 0.05) is 17.0 Å². The van der Waals surface area contributed by atoms with E-state index >= 15 is 0 Å². The summed E-state index contributed by atoms with van der Waals surface area (Å²) in [4.78, 5) is 41.3. The number of nitrogens with one attached hydrogen (secondary N) is 1. The number of halogens is 1. The summed E-state index contributed by atoms with van der Waals surface area (Å²) in [6, 6.07) is 21.3. The highest BCUT2D eigenvalue weighted by atomic mass is 19.1. The van der Waals surface area contributed by atoms with Crippen LogP contribution in [0.15, 0.2) is 78.9 Å². The first-order valence-electron chi connectivity index (χ1n) is 12.3. The Morgan fingerprint density at radius 3 is 2.34 bits per heavy atom. The Hall–Kier alpha value is -4.59. The summed E-state index contributed by atoms with van der Waals surface area (Å²) in [7, 11) is 0. The van der Waals surface area contributed by atoms with Crippen LogP contribution in [0.25, 0.3) is 5.69 Å². The van der Waals surface area contributed by atoms with Gasteiger partial charge in [0.15, 0.2) is 0 Å². The number of anilines is 1. The minimum absolute atomic E-state index is 0.184. The lowest BCUT2D eigenvalue weighted by Gasteiger charge is -2.38. The Morgan fingerprint density at radius 1 is 0.974 bits per heavy atom. The molecule has 1 N–H and O–H groups in total. The normalized spacial score (nSPS) is 16.7. The van der Waals surface area contributed by atoms with Gasteiger partial charge in [0.1, 0.15) is 23.5 Å². The molecule has 192 valence electrons. The maximum absolute atomic E-state index is 14.1. The summed E-state index contributed by atoms with van der Waals surface area (Å²) < 4.78 is 15.6. The van der Waals surface area contributed by atoms with Crippen molar-refractivity contribution in [1.82, 2.24) is 15.1 Å². The molecule has 0 spiro atoms. The van der Waals surface area contributed by atoms with Crippen LogP contribution in [0.4, 0.5) is 10.2 Å². The van der Waals surface area contributed by atoms with Gasteiger partial charge in [-0.25, -0.2) is 9.07 Å². The lowest BCUT2D eigenvalue weighted by molar-refractivity contribution is -0.123. The monoisotopic (exact) mass is 510 g/mol. The number of ketones is 1. The zero-order valence-corrected chi connectivity index (χ0v) is 21.3. The van der Waals surface area contributed by atoms with Gasteiger partial charge >= 0.3 is 0 Å². The number of rotatable bonds is 6. The van der Waals surface area contributed by atoms with Gasteiger partial charge in [-0.3, -0.25) is 19.3 Å². The van der Waals surface area contributed by atoms with E-state index in [1.165, 1.54) is 24.0 Å². The number of amides is 2. The van der Waals surface area contributed by atoms with Gasteiger partial charge in [-0.05, 0) is 62.7 Å². The lowest BCUT2D eigenvalue weighted by atomic mass is 9.81. The van der Waals surface area contributed by atoms with Crippen molar-refractivity contribution in [2.45, 2.75) is 32.7 Å². The van der Waals surface area contributed by atoms with Crippen LogP contribution in [0.1, 0.15) is 45.6 Å². The molecule has 1 aromatic heterocycles. The number of carbonyl (C=O) groups excluding carboxylic acids is 3. The van der Waals surface area contributed by atoms with Crippen LogP contribution >= 0.6 is 0 Å². The van der Waals surface area contributed by atoms with Gasteiger partial charge in [-0.2, -0.15) is 5.10 Å². The molecule has 0 saturated heterocycles. The van der Waals surface area contributed by atoms with Crippen molar-refractivity contribution >= 4 is 23.4 Å². The van der Waals surface area contributed by atoms with Crippen LogP contribution in [0.3, 0.4) is 0 Å². The predicted octanol–water partition coefficient (Wildman–Crippen LogP) is 4.49.